The summed E-state index contributed by atoms with van der Waals surface area (Å²) in [6.07, 6.45) is 0. The number of anilines is 2. The molecule has 0 saturated heterocycles. The fourth-order valence-electron chi connectivity index (χ4n) is 2.05. The first-order chi connectivity index (χ1) is 10.1. The average Bonchev–Trinajstić information content (AvgIpc) is 2.97. The highest BCUT2D eigenvalue weighted by molar-refractivity contribution is 7.09. The van der Waals surface area contributed by atoms with E-state index in [1.54, 1.807) is 18.4 Å². The van der Waals surface area contributed by atoms with Crippen LogP contribution in [0.2, 0.25) is 0 Å². The van der Waals surface area contributed by atoms with E-state index in [-0.39, 0.29) is 0 Å². The zero-order valence-corrected chi connectivity index (χ0v) is 13.8. The summed E-state index contributed by atoms with van der Waals surface area (Å²) in [5.74, 6) is 2.42. The van der Waals surface area contributed by atoms with Gasteiger partial charge >= 0.3 is 0 Å². The van der Waals surface area contributed by atoms with E-state index in [9.17, 15) is 0 Å². The number of ether oxygens (including phenoxy) is 1. The molecule has 0 spiro atoms. The highest BCUT2D eigenvalue weighted by Crippen LogP contribution is 2.22. The Kier molecular flexibility index (Phi) is 5.52. The Balaban J connectivity index is 2.32. The smallest absolute Gasteiger partial charge is 0.158 e. The summed E-state index contributed by atoms with van der Waals surface area (Å²) in [5.41, 5.74) is 0. The number of nitrogens with zero attached hydrogens (tertiary/aromatic N) is 3. The third-order valence-electron chi connectivity index (χ3n) is 3.11. The van der Waals surface area contributed by atoms with Crippen LogP contribution in [0, 0.1) is 0 Å². The molecule has 21 heavy (non-hydrogen) atoms. The number of hydrogen-bond acceptors (Lipinski definition) is 6. The van der Waals surface area contributed by atoms with E-state index in [1.807, 2.05) is 13.1 Å². The van der Waals surface area contributed by atoms with E-state index < -0.39 is 0 Å². The molecule has 2 rings (SSSR count). The zero-order chi connectivity index (χ0) is 15.2. The van der Waals surface area contributed by atoms with Gasteiger partial charge in [-0.3, -0.25) is 0 Å². The van der Waals surface area contributed by atoms with Gasteiger partial charge in [0.05, 0.1) is 6.54 Å². The maximum atomic E-state index is 5.16. The van der Waals surface area contributed by atoms with Crippen molar-refractivity contribution in [2.24, 2.45) is 0 Å². The van der Waals surface area contributed by atoms with Crippen LogP contribution in [0.15, 0.2) is 23.6 Å². The second-order valence-electron chi connectivity index (χ2n) is 5.01. The van der Waals surface area contributed by atoms with Crippen molar-refractivity contribution in [1.82, 2.24) is 9.97 Å². The fraction of sp³-hybridized carbons (Fsp3) is 0.467. The van der Waals surface area contributed by atoms with Crippen molar-refractivity contribution in [3.8, 4) is 0 Å². The number of aromatic nitrogens is 2. The number of thiophene rings is 1. The Bertz CT molecular complexity index is 557. The minimum absolute atomic E-state index is 0.349. The molecule has 0 saturated carbocycles. The molecule has 5 nitrogen and oxygen atoms in total. The Morgan fingerprint density at radius 3 is 2.76 bits per heavy atom. The van der Waals surface area contributed by atoms with Crippen molar-refractivity contribution >= 4 is 23.0 Å². The molecule has 2 aromatic rings. The first kappa shape index (κ1) is 15.7. The average molecular weight is 306 g/mol. The molecule has 0 bridgehead atoms. The van der Waals surface area contributed by atoms with Crippen LogP contribution in [0.25, 0.3) is 0 Å². The first-order valence-corrected chi connectivity index (χ1v) is 7.85. The maximum Gasteiger partial charge on any atom is 0.158 e. The maximum absolute atomic E-state index is 5.16. The van der Waals surface area contributed by atoms with Gasteiger partial charge in [-0.25, -0.2) is 9.97 Å². The molecule has 114 valence electrons. The van der Waals surface area contributed by atoms with Crippen LogP contribution in [0.5, 0.6) is 0 Å². The van der Waals surface area contributed by atoms with Crippen LogP contribution in [-0.4, -0.2) is 30.2 Å². The lowest BCUT2D eigenvalue weighted by Crippen LogP contribution is -2.31. The second-order valence-corrected chi connectivity index (χ2v) is 6.04. The van der Waals surface area contributed by atoms with Gasteiger partial charge in [0.1, 0.15) is 18.2 Å². The SMILES string of the molecule is CNc1cc(N(Cc2cccs2)C(C)C)nc(COC)n1. The minimum Gasteiger partial charge on any atom is -0.377 e. The van der Waals surface area contributed by atoms with Crippen molar-refractivity contribution < 1.29 is 4.74 Å². The van der Waals surface area contributed by atoms with E-state index in [2.05, 4.69) is 51.5 Å². The van der Waals surface area contributed by atoms with Crippen LogP contribution >= 0.6 is 11.3 Å². The predicted molar refractivity (Wildman–Crippen MR) is 87.9 cm³/mol. The van der Waals surface area contributed by atoms with Crippen molar-refractivity contribution in [2.75, 3.05) is 24.4 Å². The van der Waals surface area contributed by atoms with Crippen molar-refractivity contribution in [3.05, 3.63) is 34.3 Å². The van der Waals surface area contributed by atoms with Gasteiger partial charge in [-0.2, -0.15) is 0 Å². The quantitative estimate of drug-likeness (QED) is 0.851. The van der Waals surface area contributed by atoms with Gasteiger partial charge < -0.3 is 15.0 Å². The molecule has 0 aliphatic carbocycles. The Morgan fingerprint density at radius 2 is 2.19 bits per heavy atom. The fourth-order valence-corrected chi connectivity index (χ4v) is 2.75. The summed E-state index contributed by atoms with van der Waals surface area (Å²) in [7, 11) is 3.52. The highest BCUT2D eigenvalue weighted by Gasteiger charge is 2.15. The third-order valence-corrected chi connectivity index (χ3v) is 3.97. The third kappa shape index (κ3) is 4.15. The van der Waals surface area contributed by atoms with E-state index in [0.29, 0.717) is 18.5 Å². The Morgan fingerprint density at radius 1 is 1.38 bits per heavy atom. The normalized spacial score (nSPS) is 10.9. The summed E-state index contributed by atoms with van der Waals surface area (Å²) in [6, 6.07) is 6.55. The first-order valence-electron chi connectivity index (χ1n) is 6.97. The largest absolute Gasteiger partial charge is 0.377 e. The molecule has 0 aromatic carbocycles. The lowest BCUT2D eigenvalue weighted by Gasteiger charge is -2.28. The van der Waals surface area contributed by atoms with Crippen LogP contribution in [-0.2, 0) is 17.9 Å². The van der Waals surface area contributed by atoms with Gasteiger partial charge in [-0.1, -0.05) is 6.07 Å². The topological polar surface area (TPSA) is 50.3 Å². The molecular formula is C15H22N4OS. The zero-order valence-electron chi connectivity index (χ0n) is 13.0. The van der Waals surface area contributed by atoms with Crippen LogP contribution in [0.1, 0.15) is 24.5 Å². The molecule has 0 fully saturated rings. The van der Waals surface area contributed by atoms with Crippen molar-refractivity contribution in [3.63, 3.8) is 0 Å². The molecular weight excluding hydrogens is 284 g/mol. The molecule has 0 aliphatic rings. The summed E-state index contributed by atoms with van der Waals surface area (Å²) in [4.78, 5) is 12.6. The van der Waals surface area contributed by atoms with E-state index >= 15 is 0 Å². The van der Waals surface area contributed by atoms with Gasteiger partial charge in [0.15, 0.2) is 5.82 Å². The van der Waals surface area contributed by atoms with E-state index in [1.165, 1.54) is 4.88 Å². The number of hydrogen-bond donors (Lipinski definition) is 1. The monoisotopic (exact) mass is 306 g/mol. The molecule has 1 N–H and O–H groups in total. The Labute approximate surface area is 130 Å². The summed E-state index contributed by atoms with van der Waals surface area (Å²) in [5, 5.41) is 5.19. The summed E-state index contributed by atoms with van der Waals surface area (Å²) in [6.45, 7) is 5.60. The summed E-state index contributed by atoms with van der Waals surface area (Å²) < 4.78 is 5.16. The molecule has 2 heterocycles. The Hall–Kier alpha value is -1.66. The van der Waals surface area contributed by atoms with Crippen molar-refractivity contribution in [1.29, 1.82) is 0 Å². The van der Waals surface area contributed by atoms with Crippen molar-refractivity contribution in [2.45, 2.75) is 33.0 Å². The molecule has 0 atom stereocenters. The van der Waals surface area contributed by atoms with Crippen LogP contribution in [0.3, 0.4) is 0 Å². The highest BCUT2D eigenvalue weighted by atomic mass is 32.1. The molecule has 0 radical (unpaired) electrons. The number of methoxy groups -OCH3 is 1. The van der Waals surface area contributed by atoms with Crippen LogP contribution in [0.4, 0.5) is 11.6 Å². The second kappa shape index (κ2) is 7.38. The predicted octanol–water partition coefficient (Wildman–Crippen LogP) is 3.14. The lowest BCUT2D eigenvalue weighted by molar-refractivity contribution is 0.178. The summed E-state index contributed by atoms with van der Waals surface area (Å²) >= 11 is 1.76. The van der Waals surface area contributed by atoms with Gasteiger partial charge in [-0.05, 0) is 25.3 Å². The van der Waals surface area contributed by atoms with Gasteiger partial charge in [0.2, 0.25) is 0 Å². The standard InChI is InChI=1S/C15H22N4OS/c1-11(2)19(9-12-6-5-7-21-12)15-8-13(16-3)17-14(18-15)10-20-4/h5-8,11H,9-10H2,1-4H3,(H,16,17,18). The molecule has 0 unspecified atom stereocenters. The van der Waals surface area contributed by atoms with Gasteiger partial charge in [0.25, 0.3) is 0 Å². The van der Waals surface area contributed by atoms with E-state index in [0.717, 1.165) is 18.2 Å². The number of nitrogens with one attached hydrogen (secondary N) is 1. The van der Waals surface area contributed by atoms with E-state index in [4.69, 9.17) is 4.74 Å². The molecule has 0 aliphatic heterocycles. The minimum atomic E-state index is 0.349. The van der Waals surface area contributed by atoms with Gasteiger partial charge in [0, 0.05) is 31.1 Å². The van der Waals surface area contributed by atoms with Crippen LogP contribution < -0.4 is 10.2 Å². The molecule has 2 aromatic heterocycles. The molecule has 0 amide bonds. The number of rotatable bonds is 7. The lowest BCUT2D eigenvalue weighted by atomic mass is 10.3. The molecule has 6 heteroatoms. The van der Waals surface area contributed by atoms with Gasteiger partial charge in [-0.15, -0.1) is 11.3 Å².